The van der Waals surface area contributed by atoms with E-state index < -0.39 is 0 Å². The summed E-state index contributed by atoms with van der Waals surface area (Å²) in [6, 6.07) is 6.53. The van der Waals surface area contributed by atoms with Crippen LogP contribution in [0.1, 0.15) is 28.1 Å². The number of aromatic nitrogens is 3. The van der Waals surface area contributed by atoms with Gasteiger partial charge in [-0.1, -0.05) is 23.0 Å². The number of thioether (sulfide) groups is 1. The van der Waals surface area contributed by atoms with Crippen LogP contribution in [0.4, 0.5) is 0 Å². The van der Waals surface area contributed by atoms with E-state index in [9.17, 15) is 0 Å². The van der Waals surface area contributed by atoms with Gasteiger partial charge < -0.3 is 4.52 Å². The first-order valence-electron chi connectivity index (χ1n) is 7.21. The van der Waals surface area contributed by atoms with Crippen molar-refractivity contribution in [1.29, 1.82) is 0 Å². The first-order chi connectivity index (χ1) is 10.5. The molecule has 0 saturated heterocycles. The number of hydrogen-bond acceptors (Lipinski definition) is 4. The summed E-state index contributed by atoms with van der Waals surface area (Å²) < 4.78 is 7.35. The molecule has 0 atom stereocenters. The summed E-state index contributed by atoms with van der Waals surface area (Å²) in [7, 11) is 0. The second-order valence-corrected chi connectivity index (χ2v) is 6.46. The predicted molar refractivity (Wildman–Crippen MR) is 88.6 cm³/mol. The second kappa shape index (κ2) is 6.01. The van der Waals surface area contributed by atoms with E-state index in [1.165, 1.54) is 11.1 Å². The van der Waals surface area contributed by atoms with Crippen LogP contribution in [-0.4, -0.2) is 14.7 Å². The topological polar surface area (TPSA) is 43.9 Å². The fourth-order valence-electron chi connectivity index (χ4n) is 2.53. The summed E-state index contributed by atoms with van der Waals surface area (Å²) in [5.74, 6) is 1.69. The van der Waals surface area contributed by atoms with E-state index in [2.05, 4.69) is 46.8 Å². The van der Waals surface area contributed by atoms with Crippen LogP contribution in [0, 0.1) is 27.7 Å². The van der Waals surface area contributed by atoms with Crippen LogP contribution in [0.3, 0.4) is 0 Å². The Morgan fingerprint density at radius 3 is 2.45 bits per heavy atom. The number of aryl methyl sites for hydroxylation is 4. The zero-order valence-electron chi connectivity index (χ0n) is 13.3. The SMILES string of the molecule is Cc1cc(C)cc(-n2ccnc2SCc2c(C)noc2C)c1. The Morgan fingerprint density at radius 1 is 1.09 bits per heavy atom. The average Bonchev–Trinajstić information content (AvgIpc) is 3.03. The molecule has 22 heavy (non-hydrogen) atoms. The minimum absolute atomic E-state index is 0.809. The molecule has 5 heteroatoms. The molecule has 0 aliphatic rings. The predicted octanol–water partition coefficient (Wildman–Crippen LogP) is 4.39. The molecule has 2 heterocycles. The van der Waals surface area contributed by atoms with Crippen molar-refractivity contribution in [3.05, 3.63) is 58.7 Å². The number of benzene rings is 1. The second-order valence-electron chi connectivity index (χ2n) is 5.52. The van der Waals surface area contributed by atoms with E-state index in [1.54, 1.807) is 11.8 Å². The summed E-state index contributed by atoms with van der Waals surface area (Å²) >= 11 is 1.70. The van der Waals surface area contributed by atoms with Gasteiger partial charge in [-0.2, -0.15) is 0 Å². The monoisotopic (exact) mass is 313 g/mol. The molecule has 0 amide bonds. The van der Waals surface area contributed by atoms with Crippen LogP contribution < -0.4 is 0 Å². The van der Waals surface area contributed by atoms with Gasteiger partial charge in [-0.25, -0.2) is 4.98 Å². The smallest absolute Gasteiger partial charge is 0.172 e. The maximum atomic E-state index is 5.22. The zero-order valence-corrected chi connectivity index (χ0v) is 14.1. The molecule has 1 aromatic carbocycles. The molecule has 0 radical (unpaired) electrons. The maximum Gasteiger partial charge on any atom is 0.172 e. The van der Waals surface area contributed by atoms with Crippen molar-refractivity contribution >= 4 is 11.8 Å². The Bertz CT molecular complexity index is 764. The largest absolute Gasteiger partial charge is 0.361 e. The molecule has 3 aromatic rings. The van der Waals surface area contributed by atoms with Crippen LogP contribution in [0.5, 0.6) is 0 Å². The molecule has 0 aliphatic carbocycles. The van der Waals surface area contributed by atoms with Gasteiger partial charge in [-0.05, 0) is 51.0 Å². The molecule has 3 rings (SSSR count). The summed E-state index contributed by atoms with van der Waals surface area (Å²) in [5, 5.41) is 4.98. The summed E-state index contributed by atoms with van der Waals surface area (Å²) in [6.45, 7) is 8.16. The highest BCUT2D eigenvalue weighted by Crippen LogP contribution is 2.27. The van der Waals surface area contributed by atoms with Crippen LogP contribution in [0.15, 0.2) is 40.3 Å². The first-order valence-corrected chi connectivity index (χ1v) is 8.19. The molecular formula is C17H19N3OS. The minimum Gasteiger partial charge on any atom is -0.361 e. The van der Waals surface area contributed by atoms with Gasteiger partial charge in [-0.15, -0.1) is 0 Å². The molecule has 0 fully saturated rings. The fourth-order valence-corrected chi connectivity index (χ4v) is 3.65. The molecule has 114 valence electrons. The van der Waals surface area contributed by atoms with Gasteiger partial charge >= 0.3 is 0 Å². The van der Waals surface area contributed by atoms with Gasteiger partial charge in [0.25, 0.3) is 0 Å². The van der Waals surface area contributed by atoms with E-state index in [4.69, 9.17) is 4.52 Å². The van der Waals surface area contributed by atoms with E-state index in [0.717, 1.165) is 33.6 Å². The normalized spacial score (nSPS) is 11.1. The molecule has 0 spiro atoms. The van der Waals surface area contributed by atoms with Gasteiger partial charge in [0.2, 0.25) is 0 Å². The molecule has 2 aromatic heterocycles. The molecule has 0 bridgehead atoms. The molecule has 4 nitrogen and oxygen atoms in total. The third-order valence-corrected chi connectivity index (χ3v) is 4.61. The van der Waals surface area contributed by atoms with E-state index in [-0.39, 0.29) is 0 Å². The van der Waals surface area contributed by atoms with Crippen molar-refractivity contribution in [3.63, 3.8) is 0 Å². The lowest BCUT2D eigenvalue weighted by atomic mass is 10.1. The van der Waals surface area contributed by atoms with Gasteiger partial charge in [0, 0.05) is 29.4 Å². The Hall–Kier alpha value is -2.01. The number of rotatable bonds is 4. The maximum absolute atomic E-state index is 5.22. The lowest BCUT2D eigenvalue weighted by Crippen LogP contribution is -1.97. The Kier molecular flexibility index (Phi) is 4.07. The highest BCUT2D eigenvalue weighted by Gasteiger charge is 2.12. The average molecular weight is 313 g/mol. The Labute approximate surface area is 134 Å². The lowest BCUT2D eigenvalue weighted by molar-refractivity contribution is 0.392. The minimum atomic E-state index is 0.809. The highest BCUT2D eigenvalue weighted by molar-refractivity contribution is 7.98. The van der Waals surface area contributed by atoms with E-state index >= 15 is 0 Å². The number of hydrogen-bond donors (Lipinski definition) is 0. The molecular weight excluding hydrogens is 294 g/mol. The van der Waals surface area contributed by atoms with Gasteiger partial charge in [0.1, 0.15) is 5.76 Å². The number of nitrogens with zero attached hydrogens (tertiary/aromatic N) is 3. The van der Waals surface area contributed by atoms with Crippen LogP contribution in [0.2, 0.25) is 0 Å². The Balaban J connectivity index is 1.86. The Morgan fingerprint density at radius 2 is 1.82 bits per heavy atom. The quantitative estimate of drug-likeness (QED) is 0.670. The zero-order chi connectivity index (χ0) is 15.7. The summed E-state index contributed by atoms with van der Waals surface area (Å²) in [5.41, 5.74) is 5.77. The van der Waals surface area contributed by atoms with Crippen molar-refractivity contribution < 1.29 is 4.52 Å². The summed E-state index contributed by atoms with van der Waals surface area (Å²) in [4.78, 5) is 4.49. The third kappa shape index (κ3) is 2.95. The van der Waals surface area contributed by atoms with Crippen molar-refractivity contribution in [1.82, 2.24) is 14.7 Å². The molecule has 0 aliphatic heterocycles. The van der Waals surface area contributed by atoms with Crippen molar-refractivity contribution in [2.24, 2.45) is 0 Å². The van der Waals surface area contributed by atoms with Crippen LogP contribution >= 0.6 is 11.8 Å². The van der Waals surface area contributed by atoms with Crippen molar-refractivity contribution in [2.75, 3.05) is 0 Å². The lowest BCUT2D eigenvalue weighted by Gasteiger charge is -2.09. The fraction of sp³-hybridized carbons (Fsp3) is 0.294. The highest BCUT2D eigenvalue weighted by atomic mass is 32.2. The van der Waals surface area contributed by atoms with Crippen LogP contribution in [0.25, 0.3) is 5.69 Å². The third-order valence-electron chi connectivity index (χ3n) is 3.62. The molecule has 0 unspecified atom stereocenters. The standard InChI is InChI=1S/C17H19N3OS/c1-11-7-12(2)9-15(8-11)20-6-5-18-17(20)22-10-16-13(3)19-21-14(16)4/h5-9H,10H2,1-4H3. The molecule has 0 saturated carbocycles. The van der Waals surface area contributed by atoms with Gasteiger partial charge in [0.05, 0.1) is 5.69 Å². The number of imidazole rings is 1. The van der Waals surface area contributed by atoms with Crippen molar-refractivity contribution in [3.8, 4) is 5.69 Å². The van der Waals surface area contributed by atoms with Gasteiger partial charge in [0.15, 0.2) is 5.16 Å². The van der Waals surface area contributed by atoms with E-state index in [0.29, 0.717) is 0 Å². The molecule has 0 N–H and O–H groups in total. The summed E-state index contributed by atoms with van der Waals surface area (Å²) in [6.07, 6.45) is 3.84. The first kappa shape index (κ1) is 14.9. The van der Waals surface area contributed by atoms with E-state index in [1.807, 2.05) is 26.2 Å². The van der Waals surface area contributed by atoms with Gasteiger partial charge in [-0.3, -0.25) is 4.57 Å². The van der Waals surface area contributed by atoms with Crippen LogP contribution in [-0.2, 0) is 5.75 Å². The van der Waals surface area contributed by atoms with Crippen molar-refractivity contribution in [2.45, 2.75) is 38.6 Å².